The largest absolute Gasteiger partial charge is 0.352 e. The van der Waals surface area contributed by atoms with Crippen molar-refractivity contribution in [2.24, 2.45) is 11.7 Å². The van der Waals surface area contributed by atoms with Gasteiger partial charge in [-0.25, -0.2) is 9.97 Å². The van der Waals surface area contributed by atoms with Gasteiger partial charge in [-0.05, 0) is 17.7 Å². The minimum atomic E-state index is -0.171. The van der Waals surface area contributed by atoms with Crippen LogP contribution in [-0.2, 0) is 11.3 Å². The maximum absolute atomic E-state index is 11.6. The molecule has 0 aliphatic heterocycles. The number of carbonyl (C=O) groups excluding carboxylic acids is 1. The molecule has 3 N–H and O–H groups in total. The topological polar surface area (TPSA) is 85.8 Å². The highest BCUT2D eigenvalue weighted by molar-refractivity contribution is 5.78. The van der Waals surface area contributed by atoms with Gasteiger partial charge in [0.1, 0.15) is 12.1 Å². The third kappa shape index (κ3) is 3.38. The predicted molar refractivity (Wildman–Crippen MR) is 71.4 cm³/mol. The van der Waals surface area contributed by atoms with Crippen molar-refractivity contribution in [3.63, 3.8) is 0 Å². The van der Waals surface area contributed by atoms with E-state index in [1.54, 1.807) is 25.6 Å². The molecule has 2 aromatic heterocycles. The number of pyridine rings is 1. The lowest BCUT2D eigenvalue weighted by Gasteiger charge is -2.10. The van der Waals surface area contributed by atoms with Crippen molar-refractivity contribution in [3.8, 4) is 5.82 Å². The minimum absolute atomic E-state index is 0.0384. The summed E-state index contributed by atoms with van der Waals surface area (Å²) >= 11 is 0. The van der Waals surface area contributed by atoms with E-state index in [0.29, 0.717) is 13.1 Å². The van der Waals surface area contributed by atoms with Crippen molar-refractivity contribution < 1.29 is 4.79 Å². The van der Waals surface area contributed by atoms with E-state index in [1.807, 2.05) is 22.9 Å². The molecule has 0 aliphatic rings. The SMILES string of the molecule is CC(CN)C(=O)NCc1ccnc(-n2ccnc2)c1. The summed E-state index contributed by atoms with van der Waals surface area (Å²) in [7, 11) is 0. The first-order valence-electron chi connectivity index (χ1n) is 6.11. The number of imidazole rings is 1. The van der Waals surface area contributed by atoms with Crippen LogP contribution in [0.2, 0.25) is 0 Å². The number of hydrogen-bond acceptors (Lipinski definition) is 4. The average Bonchev–Trinajstić information content (AvgIpc) is 2.98. The summed E-state index contributed by atoms with van der Waals surface area (Å²) in [5.41, 5.74) is 6.43. The first-order chi connectivity index (χ1) is 9.20. The highest BCUT2D eigenvalue weighted by atomic mass is 16.1. The minimum Gasteiger partial charge on any atom is -0.352 e. The Morgan fingerprint density at radius 3 is 3.05 bits per heavy atom. The smallest absolute Gasteiger partial charge is 0.224 e. The van der Waals surface area contributed by atoms with Crippen molar-refractivity contribution in [2.75, 3.05) is 6.54 Å². The fourth-order valence-corrected chi connectivity index (χ4v) is 1.58. The van der Waals surface area contributed by atoms with Crippen molar-refractivity contribution in [1.82, 2.24) is 19.9 Å². The van der Waals surface area contributed by atoms with Crippen molar-refractivity contribution >= 4 is 5.91 Å². The molecule has 0 aromatic carbocycles. The molecule has 2 aromatic rings. The molecule has 2 rings (SSSR count). The molecular formula is C13H17N5O. The van der Waals surface area contributed by atoms with E-state index < -0.39 is 0 Å². The molecule has 6 heteroatoms. The normalized spacial score (nSPS) is 12.1. The summed E-state index contributed by atoms with van der Waals surface area (Å²) in [6.45, 7) is 2.62. The first kappa shape index (κ1) is 13.2. The number of nitrogens with zero attached hydrogens (tertiary/aromatic N) is 3. The van der Waals surface area contributed by atoms with Gasteiger partial charge < -0.3 is 11.1 Å². The van der Waals surface area contributed by atoms with Crippen LogP contribution in [0.3, 0.4) is 0 Å². The fourth-order valence-electron chi connectivity index (χ4n) is 1.58. The lowest BCUT2D eigenvalue weighted by Crippen LogP contribution is -2.32. The van der Waals surface area contributed by atoms with E-state index in [9.17, 15) is 4.79 Å². The quantitative estimate of drug-likeness (QED) is 0.817. The van der Waals surface area contributed by atoms with Gasteiger partial charge in [-0.2, -0.15) is 0 Å². The maximum atomic E-state index is 11.6. The summed E-state index contributed by atoms with van der Waals surface area (Å²) in [6, 6.07) is 3.78. The second kappa shape index (κ2) is 6.10. The molecule has 0 fully saturated rings. The molecule has 19 heavy (non-hydrogen) atoms. The van der Waals surface area contributed by atoms with Gasteiger partial charge in [0.05, 0.1) is 0 Å². The molecule has 0 bridgehead atoms. The summed E-state index contributed by atoms with van der Waals surface area (Å²) in [5.74, 6) is 0.564. The second-order valence-electron chi connectivity index (χ2n) is 4.35. The number of amides is 1. The molecule has 0 aliphatic carbocycles. The second-order valence-corrected chi connectivity index (χ2v) is 4.35. The maximum Gasteiger partial charge on any atom is 0.224 e. The number of nitrogens with two attached hydrogens (primary N) is 1. The zero-order chi connectivity index (χ0) is 13.7. The standard InChI is InChI=1S/C13H17N5O/c1-10(7-14)13(19)17-8-11-2-3-16-12(6-11)18-5-4-15-9-18/h2-6,9-10H,7-8,14H2,1H3,(H,17,19). The Labute approximate surface area is 111 Å². The highest BCUT2D eigenvalue weighted by Crippen LogP contribution is 2.07. The number of rotatable bonds is 5. The van der Waals surface area contributed by atoms with Crippen LogP contribution >= 0.6 is 0 Å². The van der Waals surface area contributed by atoms with Crippen LogP contribution in [0.1, 0.15) is 12.5 Å². The van der Waals surface area contributed by atoms with Crippen LogP contribution in [0.4, 0.5) is 0 Å². The molecule has 1 unspecified atom stereocenters. The third-order valence-corrected chi connectivity index (χ3v) is 2.85. The van der Waals surface area contributed by atoms with Crippen molar-refractivity contribution in [1.29, 1.82) is 0 Å². The van der Waals surface area contributed by atoms with Crippen molar-refractivity contribution in [3.05, 3.63) is 42.6 Å². The highest BCUT2D eigenvalue weighted by Gasteiger charge is 2.10. The van der Waals surface area contributed by atoms with Crippen LogP contribution in [0.5, 0.6) is 0 Å². The van der Waals surface area contributed by atoms with Gasteiger partial charge in [-0.1, -0.05) is 6.92 Å². The Morgan fingerprint density at radius 1 is 1.53 bits per heavy atom. The monoisotopic (exact) mass is 259 g/mol. The van der Waals surface area contributed by atoms with Gasteiger partial charge in [-0.3, -0.25) is 9.36 Å². The van der Waals surface area contributed by atoms with Crippen LogP contribution in [-0.4, -0.2) is 27.0 Å². The lowest BCUT2D eigenvalue weighted by molar-refractivity contribution is -0.124. The van der Waals surface area contributed by atoms with E-state index >= 15 is 0 Å². The van der Waals surface area contributed by atoms with Crippen LogP contribution in [0.15, 0.2) is 37.1 Å². The number of hydrogen-bond donors (Lipinski definition) is 2. The van der Waals surface area contributed by atoms with Gasteiger partial charge in [0.2, 0.25) is 5.91 Å². The molecule has 1 amide bonds. The van der Waals surface area contributed by atoms with Crippen LogP contribution < -0.4 is 11.1 Å². The van der Waals surface area contributed by atoms with Gasteiger partial charge in [-0.15, -0.1) is 0 Å². The Morgan fingerprint density at radius 2 is 2.37 bits per heavy atom. The summed E-state index contributed by atoms with van der Waals surface area (Å²) < 4.78 is 1.81. The molecule has 0 saturated carbocycles. The van der Waals surface area contributed by atoms with Gasteiger partial charge in [0, 0.05) is 37.6 Å². The van der Waals surface area contributed by atoms with E-state index in [-0.39, 0.29) is 11.8 Å². The van der Waals surface area contributed by atoms with E-state index in [4.69, 9.17) is 5.73 Å². The summed E-state index contributed by atoms with van der Waals surface area (Å²) in [6.07, 6.45) is 6.91. The Balaban J connectivity index is 2.02. The lowest BCUT2D eigenvalue weighted by atomic mass is 10.1. The van der Waals surface area contributed by atoms with E-state index in [2.05, 4.69) is 15.3 Å². The predicted octanol–water partition coefficient (Wildman–Crippen LogP) is 0.478. The summed E-state index contributed by atoms with van der Waals surface area (Å²) in [4.78, 5) is 19.9. The van der Waals surface area contributed by atoms with Crippen LogP contribution in [0.25, 0.3) is 5.82 Å². The zero-order valence-electron chi connectivity index (χ0n) is 10.8. The molecule has 0 saturated heterocycles. The number of aromatic nitrogens is 3. The molecule has 0 spiro atoms. The fraction of sp³-hybridized carbons (Fsp3) is 0.308. The number of carbonyl (C=O) groups is 1. The number of nitrogens with one attached hydrogen (secondary N) is 1. The van der Waals surface area contributed by atoms with Crippen LogP contribution in [0, 0.1) is 5.92 Å². The Kier molecular flexibility index (Phi) is 4.25. The molecule has 100 valence electrons. The average molecular weight is 259 g/mol. The van der Waals surface area contributed by atoms with Gasteiger partial charge in [0.15, 0.2) is 0 Å². The third-order valence-electron chi connectivity index (χ3n) is 2.85. The van der Waals surface area contributed by atoms with E-state index in [0.717, 1.165) is 11.4 Å². The van der Waals surface area contributed by atoms with Gasteiger partial charge in [0.25, 0.3) is 0 Å². The molecule has 6 nitrogen and oxygen atoms in total. The summed E-state index contributed by atoms with van der Waals surface area (Å²) in [5, 5.41) is 2.85. The molecule has 2 heterocycles. The van der Waals surface area contributed by atoms with E-state index in [1.165, 1.54) is 0 Å². The molecule has 1 atom stereocenters. The molecular weight excluding hydrogens is 242 g/mol. The van der Waals surface area contributed by atoms with Crippen molar-refractivity contribution in [2.45, 2.75) is 13.5 Å². The molecule has 0 radical (unpaired) electrons. The zero-order valence-corrected chi connectivity index (χ0v) is 10.8. The Bertz CT molecular complexity index is 538. The van der Waals surface area contributed by atoms with Gasteiger partial charge >= 0.3 is 0 Å². The Hall–Kier alpha value is -2.21. The first-order valence-corrected chi connectivity index (χ1v) is 6.11.